The molecule has 0 amide bonds. The van der Waals surface area contributed by atoms with E-state index in [1.807, 2.05) is 0 Å². The fourth-order valence-corrected chi connectivity index (χ4v) is 0.291. The number of carbonyl (C=O) groups excluding carboxylic acids is 1. The molecule has 0 radical (unpaired) electrons. The number of esters is 1. The zero-order valence-corrected chi connectivity index (χ0v) is 5.18. The second kappa shape index (κ2) is 3.43. The van der Waals surface area contributed by atoms with Gasteiger partial charge in [-0.15, -0.1) is 0 Å². The minimum absolute atomic E-state index is 0.250. The molecule has 0 fully saturated rings. The Balaban J connectivity index is 3.25. The molecule has 1 unspecified atom stereocenters. The van der Waals surface area contributed by atoms with E-state index in [0.29, 0.717) is 6.42 Å². The van der Waals surface area contributed by atoms with E-state index in [-0.39, 0.29) is 5.97 Å². The monoisotopic (exact) mass is 117 g/mol. The van der Waals surface area contributed by atoms with Crippen LogP contribution in [0.4, 0.5) is 0 Å². The van der Waals surface area contributed by atoms with Crippen LogP contribution in [0.25, 0.3) is 0 Å². The normalized spacial score (nSPS) is 12.9. The summed E-state index contributed by atoms with van der Waals surface area (Å²) in [5.74, 6) is -0.250. The Labute approximate surface area is 48.8 Å². The lowest BCUT2D eigenvalue weighted by Crippen LogP contribution is -2.22. The Bertz CT molecular complexity index is 80.5. The lowest BCUT2D eigenvalue weighted by molar-refractivity contribution is -0.147. The van der Waals surface area contributed by atoms with Gasteiger partial charge < -0.3 is 4.74 Å². The van der Waals surface area contributed by atoms with Crippen LogP contribution < -0.4 is 5.73 Å². The van der Waals surface area contributed by atoms with Gasteiger partial charge >= 0.3 is 5.97 Å². The van der Waals surface area contributed by atoms with Crippen molar-refractivity contribution >= 4 is 5.97 Å². The van der Waals surface area contributed by atoms with Gasteiger partial charge in [0, 0.05) is 6.42 Å². The Hall–Kier alpha value is -0.570. The summed E-state index contributed by atoms with van der Waals surface area (Å²) in [5, 5.41) is 0. The molecule has 0 aromatic heterocycles. The molecule has 2 N–H and O–H groups in total. The molecule has 0 heterocycles. The Kier molecular flexibility index (Phi) is 3.19. The number of ether oxygens (including phenoxy) is 1. The first kappa shape index (κ1) is 7.43. The zero-order valence-electron chi connectivity index (χ0n) is 5.18. The minimum Gasteiger partial charge on any atom is -0.447 e. The summed E-state index contributed by atoms with van der Waals surface area (Å²) < 4.78 is 4.54. The third kappa shape index (κ3) is 3.61. The van der Waals surface area contributed by atoms with E-state index in [2.05, 4.69) is 4.74 Å². The van der Waals surface area contributed by atoms with E-state index in [1.54, 1.807) is 13.8 Å². The van der Waals surface area contributed by atoms with Crippen molar-refractivity contribution in [1.29, 1.82) is 0 Å². The molecule has 0 aromatic rings. The summed E-state index contributed by atoms with van der Waals surface area (Å²) in [6.45, 7) is 3.35. The molecule has 8 heavy (non-hydrogen) atoms. The maximum Gasteiger partial charge on any atom is 0.307 e. The summed E-state index contributed by atoms with van der Waals surface area (Å²) in [4.78, 5) is 10.3. The number of nitrogens with two attached hydrogens (primary N) is 1. The van der Waals surface area contributed by atoms with E-state index in [1.165, 1.54) is 0 Å². The highest BCUT2D eigenvalue weighted by molar-refractivity contribution is 5.68. The van der Waals surface area contributed by atoms with Crippen LogP contribution in [0.15, 0.2) is 0 Å². The van der Waals surface area contributed by atoms with Gasteiger partial charge in [-0.1, -0.05) is 6.92 Å². The summed E-state index contributed by atoms with van der Waals surface area (Å²) >= 11 is 0. The van der Waals surface area contributed by atoms with E-state index in [9.17, 15) is 4.79 Å². The molecule has 0 aliphatic carbocycles. The lowest BCUT2D eigenvalue weighted by atomic mass is 10.5. The molecule has 1 atom stereocenters. The van der Waals surface area contributed by atoms with Crippen molar-refractivity contribution in [1.82, 2.24) is 0 Å². The van der Waals surface area contributed by atoms with Crippen molar-refractivity contribution < 1.29 is 9.53 Å². The minimum atomic E-state index is -0.470. The molecule has 0 saturated heterocycles. The van der Waals surface area contributed by atoms with Crippen LogP contribution in [0.1, 0.15) is 20.3 Å². The Morgan fingerprint density at radius 2 is 2.38 bits per heavy atom. The molecule has 0 rings (SSSR count). The molecule has 3 nitrogen and oxygen atoms in total. The topological polar surface area (TPSA) is 52.3 Å². The molecule has 0 spiro atoms. The third-order valence-corrected chi connectivity index (χ3v) is 0.606. The third-order valence-electron chi connectivity index (χ3n) is 0.606. The fourth-order valence-electron chi connectivity index (χ4n) is 0.291. The maximum absolute atomic E-state index is 10.3. The van der Waals surface area contributed by atoms with Gasteiger partial charge in [-0.25, -0.2) is 0 Å². The van der Waals surface area contributed by atoms with Gasteiger partial charge in [0.2, 0.25) is 0 Å². The van der Waals surface area contributed by atoms with Gasteiger partial charge in [-0.05, 0) is 6.92 Å². The van der Waals surface area contributed by atoms with E-state index < -0.39 is 6.23 Å². The molecule has 0 saturated carbocycles. The van der Waals surface area contributed by atoms with Crippen LogP contribution in [-0.2, 0) is 9.53 Å². The second-order valence-electron chi connectivity index (χ2n) is 1.55. The molecule has 0 aliphatic heterocycles. The van der Waals surface area contributed by atoms with Crippen molar-refractivity contribution in [3.8, 4) is 0 Å². The largest absolute Gasteiger partial charge is 0.447 e. The molecule has 3 heteroatoms. The highest BCUT2D eigenvalue weighted by atomic mass is 16.5. The SMILES string of the molecule is CCC(=O)OC(C)N. The number of rotatable bonds is 2. The van der Waals surface area contributed by atoms with Crippen molar-refractivity contribution in [2.45, 2.75) is 26.5 Å². The van der Waals surface area contributed by atoms with Gasteiger partial charge in [0.05, 0.1) is 0 Å². The number of carbonyl (C=O) groups is 1. The maximum atomic E-state index is 10.3. The van der Waals surface area contributed by atoms with Crippen LogP contribution >= 0.6 is 0 Å². The second-order valence-corrected chi connectivity index (χ2v) is 1.55. The van der Waals surface area contributed by atoms with Crippen molar-refractivity contribution in [3.05, 3.63) is 0 Å². The molecular weight excluding hydrogens is 106 g/mol. The smallest absolute Gasteiger partial charge is 0.307 e. The number of hydrogen-bond acceptors (Lipinski definition) is 3. The lowest BCUT2D eigenvalue weighted by Gasteiger charge is -2.04. The van der Waals surface area contributed by atoms with Gasteiger partial charge in [0.1, 0.15) is 6.23 Å². The first-order valence-corrected chi connectivity index (χ1v) is 2.62. The van der Waals surface area contributed by atoms with Gasteiger partial charge in [-0.2, -0.15) is 0 Å². The standard InChI is InChI=1S/C5H11NO2/c1-3-5(7)8-4(2)6/h4H,3,6H2,1-2H3. The van der Waals surface area contributed by atoms with Crippen LogP contribution in [0.5, 0.6) is 0 Å². The molecule has 0 bridgehead atoms. The van der Waals surface area contributed by atoms with Crippen molar-refractivity contribution in [3.63, 3.8) is 0 Å². The summed E-state index contributed by atoms with van der Waals surface area (Å²) in [6, 6.07) is 0. The van der Waals surface area contributed by atoms with E-state index in [4.69, 9.17) is 5.73 Å². The van der Waals surface area contributed by atoms with Crippen LogP contribution in [-0.4, -0.2) is 12.2 Å². The Morgan fingerprint density at radius 3 is 2.50 bits per heavy atom. The van der Waals surface area contributed by atoms with E-state index in [0.717, 1.165) is 0 Å². The van der Waals surface area contributed by atoms with Gasteiger partial charge in [0.25, 0.3) is 0 Å². The van der Waals surface area contributed by atoms with Gasteiger partial charge in [-0.3, -0.25) is 10.5 Å². The van der Waals surface area contributed by atoms with Crippen LogP contribution in [0.2, 0.25) is 0 Å². The Morgan fingerprint density at radius 1 is 1.88 bits per heavy atom. The van der Waals surface area contributed by atoms with Crippen LogP contribution in [0.3, 0.4) is 0 Å². The van der Waals surface area contributed by atoms with E-state index >= 15 is 0 Å². The first-order chi connectivity index (χ1) is 3.66. The quantitative estimate of drug-likeness (QED) is 0.416. The van der Waals surface area contributed by atoms with Crippen molar-refractivity contribution in [2.24, 2.45) is 5.73 Å². The molecular formula is C5H11NO2. The summed E-state index contributed by atoms with van der Waals surface area (Å²) in [7, 11) is 0. The number of hydrogen-bond donors (Lipinski definition) is 1. The highest BCUT2D eigenvalue weighted by Crippen LogP contribution is 1.85. The zero-order chi connectivity index (χ0) is 6.57. The summed E-state index contributed by atoms with van der Waals surface area (Å²) in [6.07, 6.45) is -0.0795. The highest BCUT2D eigenvalue weighted by Gasteiger charge is 1.99. The average Bonchev–Trinajstić information content (AvgIpc) is 1.65. The van der Waals surface area contributed by atoms with Crippen LogP contribution in [0, 0.1) is 0 Å². The molecule has 48 valence electrons. The summed E-state index contributed by atoms with van der Waals surface area (Å²) in [5.41, 5.74) is 5.13. The van der Waals surface area contributed by atoms with Crippen molar-refractivity contribution in [2.75, 3.05) is 0 Å². The predicted octanol–water partition coefficient (Wildman–Crippen LogP) is 0.244. The fraction of sp³-hybridized carbons (Fsp3) is 0.800. The molecule has 0 aliphatic rings. The van der Waals surface area contributed by atoms with Gasteiger partial charge in [0.15, 0.2) is 0 Å². The average molecular weight is 117 g/mol. The molecule has 0 aromatic carbocycles. The first-order valence-electron chi connectivity index (χ1n) is 2.62. The predicted molar refractivity (Wildman–Crippen MR) is 30.0 cm³/mol.